The van der Waals surface area contributed by atoms with Crippen molar-refractivity contribution >= 4 is 0 Å². The highest BCUT2D eigenvalue weighted by molar-refractivity contribution is 4.84. The Hall–Kier alpha value is -0.0800. The van der Waals surface area contributed by atoms with E-state index in [0.29, 0.717) is 6.04 Å². The van der Waals surface area contributed by atoms with E-state index in [2.05, 4.69) is 45.0 Å². The van der Waals surface area contributed by atoms with Crippen LogP contribution in [0.2, 0.25) is 0 Å². The van der Waals surface area contributed by atoms with Gasteiger partial charge in [-0.1, -0.05) is 27.2 Å². The van der Waals surface area contributed by atoms with Crippen molar-refractivity contribution in [1.29, 1.82) is 0 Å². The quantitative estimate of drug-likeness (QED) is 0.713. The lowest BCUT2D eigenvalue weighted by Crippen LogP contribution is -2.38. The summed E-state index contributed by atoms with van der Waals surface area (Å²) in [4.78, 5) is 2.54. The molecule has 108 valence electrons. The van der Waals surface area contributed by atoms with Crippen LogP contribution in [0.5, 0.6) is 0 Å². The summed E-state index contributed by atoms with van der Waals surface area (Å²) in [6.07, 6.45) is 6.89. The molecule has 1 fully saturated rings. The Kier molecular flexibility index (Phi) is 7.25. The van der Waals surface area contributed by atoms with E-state index >= 15 is 0 Å². The summed E-state index contributed by atoms with van der Waals surface area (Å²) in [6.45, 7) is 11.7. The molecule has 2 heteroatoms. The summed E-state index contributed by atoms with van der Waals surface area (Å²) in [5, 5.41) is 3.74. The number of hydrogen-bond donors (Lipinski definition) is 1. The maximum absolute atomic E-state index is 3.74. The lowest BCUT2D eigenvalue weighted by Gasteiger charge is -2.30. The normalized spacial score (nSPS) is 26.2. The lowest BCUT2D eigenvalue weighted by molar-refractivity contribution is 0.190. The molecule has 0 bridgehead atoms. The molecule has 0 spiro atoms. The number of nitrogens with zero attached hydrogens (tertiary/aromatic N) is 1. The van der Waals surface area contributed by atoms with Crippen LogP contribution in [0.3, 0.4) is 0 Å². The first-order valence-electron chi connectivity index (χ1n) is 7.99. The molecule has 0 aromatic heterocycles. The van der Waals surface area contributed by atoms with Gasteiger partial charge in [-0.05, 0) is 64.6 Å². The van der Waals surface area contributed by atoms with E-state index in [-0.39, 0.29) is 0 Å². The van der Waals surface area contributed by atoms with Gasteiger partial charge in [-0.2, -0.15) is 0 Å². The summed E-state index contributed by atoms with van der Waals surface area (Å²) in [7, 11) is 2.29. The number of nitrogens with one attached hydrogen (secondary N) is 1. The van der Waals surface area contributed by atoms with Gasteiger partial charge in [0.05, 0.1) is 0 Å². The number of rotatable bonds is 8. The second-order valence-electron chi connectivity index (χ2n) is 6.51. The van der Waals surface area contributed by atoms with Crippen molar-refractivity contribution in [2.75, 3.05) is 20.1 Å². The third-order valence-electron chi connectivity index (χ3n) is 4.83. The molecule has 0 heterocycles. The Balaban J connectivity index is 2.28. The topological polar surface area (TPSA) is 15.3 Å². The molecule has 18 heavy (non-hydrogen) atoms. The van der Waals surface area contributed by atoms with Crippen LogP contribution in [-0.4, -0.2) is 37.1 Å². The molecule has 1 aliphatic carbocycles. The van der Waals surface area contributed by atoms with Crippen LogP contribution in [-0.2, 0) is 0 Å². The highest BCUT2D eigenvalue weighted by Crippen LogP contribution is 2.28. The third kappa shape index (κ3) is 4.89. The second kappa shape index (κ2) is 8.16. The van der Waals surface area contributed by atoms with E-state index in [1.807, 2.05) is 0 Å². The van der Waals surface area contributed by atoms with E-state index in [1.165, 1.54) is 45.2 Å². The van der Waals surface area contributed by atoms with Crippen molar-refractivity contribution in [1.82, 2.24) is 10.2 Å². The van der Waals surface area contributed by atoms with Gasteiger partial charge in [0.15, 0.2) is 0 Å². The average Bonchev–Trinajstić information content (AvgIpc) is 2.79. The van der Waals surface area contributed by atoms with Gasteiger partial charge in [-0.3, -0.25) is 0 Å². The van der Waals surface area contributed by atoms with Crippen LogP contribution in [0, 0.1) is 11.8 Å². The highest BCUT2D eigenvalue weighted by Gasteiger charge is 2.26. The molecule has 0 aliphatic heterocycles. The van der Waals surface area contributed by atoms with Crippen LogP contribution >= 0.6 is 0 Å². The molecule has 1 N–H and O–H groups in total. The third-order valence-corrected chi connectivity index (χ3v) is 4.83. The first-order valence-corrected chi connectivity index (χ1v) is 7.99. The SMILES string of the molecule is CCCNC1CCCC1CCN(C)C(C)C(C)C. The van der Waals surface area contributed by atoms with E-state index in [9.17, 15) is 0 Å². The van der Waals surface area contributed by atoms with E-state index in [0.717, 1.165) is 17.9 Å². The van der Waals surface area contributed by atoms with Crippen molar-refractivity contribution in [2.24, 2.45) is 11.8 Å². The minimum absolute atomic E-state index is 0.702. The van der Waals surface area contributed by atoms with Gasteiger partial charge < -0.3 is 10.2 Å². The summed E-state index contributed by atoms with van der Waals surface area (Å²) in [5.41, 5.74) is 0. The standard InChI is InChI=1S/C16H34N2/c1-6-11-17-16-9-7-8-15(16)10-12-18(5)14(4)13(2)3/h13-17H,6-12H2,1-5H3. The molecule has 0 amide bonds. The van der Waals surface area contributed by atoms with Crippen molar-refractivity contribution in [2.45, 2.75) is 71.9 Å². The smallest absolute Gasteiger partial charge is 0.00958 e. The van der Waals surface area contributed by atoms with Gasteiger partial charge in [-0.15, -0.1) is 0 Å². The van der Waals surface area contributed by atoms with Crippen molar-refractivity contribution < 1.29 is 0 Å². The molecule has 3 atom stereocenters. The van der Waals surface area contributed by atoms with Crippen molar-refractivity contribution in [3.63, 3.8) is 0 Å². The fourth-order valence-electron chi connectivity index (χ4n) is 3.06. The van der Waals surface area contributed by atoms with Crippen LogP contribution < -0.4 is 5.32 Å². The molecular formula is C16H34N2. The van der Waals surface area contributed by atoms with Gasteiger partial charge >= 0.3 is 0 Å². The van der Waals surface area contributed by atoms with Crippen molar-refractivity contribution in [3.05, 3.63) is 0 Å². The Bertz CT molecular complexity index is 215. The summed E-state index contributed by atoms with van der Waals surface area (Å²) >= 11 is 0. The maximum Gasteiger partial charge on any atom is 0.00958 e. The van der Waals surface area contributed by atoms with Gasteiger partial charge in [0.2, 0.25) is 0 Å². The van der Waals surface area contributed by atoms with Gasteiger partial charge in [0.1, 0.15) is 0 Å². The zero-order chi connectivity index (χ0) is 13.5. The maximum atomic E-state index is 3.74. The zero-order valence-corrected chi connectivity index (χ0v) is 13.2. The van der Waals surface area contributed by atoms with Crippen LogP contribution in [0.1, 0.15) is 59.8 Å². The predicted molar refractivity (Wildman–Crippen MR) is 81.0 cm³/mol. The summed E-state index contributed by atoms with van der Waals surface area (Å²) in [5.74, 6) is 1.67. The monoisotopic (exact) mass is 254 g/mol. The Morgan fingerprint density at radius 3 is 2.56 bits per heavy atom. The Morgan fingerprint density at radius 1 is 1.22 bits per heavy atom. The molecule has 3 unspecified atom stereocenters. The first kappa shape index (κ1) is 16.0. The molecule has 1 saturated carbocycles. The lowest BCUT2D eigenvalue weighted by atomic mass is 9.98. The second-order valence-corrected chi connectivity index (χ2v) is 6.51. The number of hydrogen-bond acceptors (Lipinski definition) is 2. The minimum atomic E-state index is 0.702. The van der Waals surface area contributed by atoms with Gasteiger partial charge in [0, 0.05) is 12.1 Å². The molecular weight excluding hydrogens is 220 g/mol. The van der Waals surface area contributed by atoms with Crippen LogP contribution in [0.25, 0.3) is 0 Å². The Labute approximate surface area is 115 Å². The molecule has 0 aromatic carbocycles. The summed E-state index contributed by atoms with van der Waals surface area (Å²) in [6, 6.07) is 1.50. The molecule has 1 rings (SSSR count). The minimum Gasteiger partial charge on any atom is -0.314 e. The Morgan fingerprint density at radius 2 is 1.94 bits per heavy atom. The van der Waals surface area contributed by atoms with Gasteiger partial charge in [-0.25, -0.2) is 0 Å². The molecule has 0 saturated heterocycles. The van der Waals surface area contributed by atoms with E-state index in [1.54, 1.807) is 0 Å². The van der Waals surface area contributed by atoms with E-state index in [4.69, 9.17) is 0 Å². The van der Waals surface area contributed by atoms with Crippen LogP contribution in [0.4, 0.5) is 0 Å². The fourth-order valence-corrected chi connectivity index (χ4v) is 3.06. The van der Waals surface area contributed by atoms with Crippen molar-refractivity contribution in [3.8, 4) is 0 Å². The zero-order valence-electron chi connectivity index (χ0n) is 13.2. The highest BCUT2D eigenvalue weighted by atomic mass is 15.1. The van der Waals surface area contributed by atoms with Gasteiger partial charge in [0.25, 0.3) is 0 Å². The molecule has 0 aromatic rings. The molecule has 1 aliphatic rings. The fraction of sp³-hybridized carbons (Fsp3) is 1.00. The van der Waals surface area contributed by atoms with E-state index < -0.39 is 0 Å². The summed E-state index contributed by atoms with van der Waals surface area (Å²) < 4.78 is 0. The van der Waals surface area contributed by atoms with Crippen LogP contribution in [0.15, 0.2) is 0 Å². The first-order chi connectivity index (χ1) is 8.56. The average molecular weight is 254 g/mol. The largest absolute Gasteiger partial charge is 0.314 e. The molecule has 0 radical (unpaired) electrons. The predicted octanol–water partition coefficient (Wildman–Crippen LogP) is 3.52. The molecule has 2 nitrogen and oxygen atoms in total.